The predicted octanol–water partition coefficient (Wildman–Crippen LogP) is 5.17. The average Bonchev–Trinajstić information content (AvgIpc) is 2.55. The van der Waals surface area contributed by atoms with E-state index in [-0.39, 0.29) is 0 Å². The maximum absolute atomic E-state index is 6.09. The van der Waals surface area contributed by atoms with E-state index >= 15 is 0 Å². The fourth-order valence-corrected chi connectivity index (χ4v) is 2.73. The minimum Gasteiger partial charge on any atom is -0.496 e. The van der Waals surface area contributed by atoms with Gasteiger partial charge in [0.2, 0.25) is 0 Å². The van der Waals surface area contributed by atoms with Crippen molar-refractivity contribution in [1.82, 2.24) is 0 Å². The van der Waals surface area contributed by atoms with Gasteiger partial charge in [-0.1, -0.05) is 51.2 Å². The van der Waals surface area contributed by atoms with Crippen molar-refractivity contribution in [2.45, 2.75) is 45.4 Å². The molecule has 2 aromatic rings. The summed E-state index contributed by atoms with van der Waals surface area (Å²) >= 11 is 0. The van der Waals surface area contributed by atoms with E-state index in [0.29, 0.717) is 0 Å². The molecule has 0 radical (unpaired) electrons. The molecule has 120 valence electrons. The van der Waals surface area contributed by atoms with E-state index < -0.39 is 0 Å². The van der Waals surface area contributed by atoms with Crippen LogP contribution in [0.2, 0.25) is 0 Å². The number of fused-ring (bicyclic) bond motifs is 1. The Morgan fingerprint density at radius 1 is 0.909 bits per heavy atom. The Kier molecular flexibility index (Phi) is 6.38. The molecule has 0 aromatic heterocycles. The van der Waals surface area contributed by atoms with Crippen LogP contribution >= 0.6 is 0 Å². The first kappa shape index (κ1) is 16.5. The molecule has 0 aliphatic carbocycles. The highest BCUT2D eigenvalue weighted by molar-refractivity contribution is 6.01. The number of rotatable bonds is 9. The van der Waals surface area contributed by atoms with Gasteiger partial charge in [0.05, 0.1) is 19.1 Å². The van der Waals surface area contributed by atoms with Crippen molar-refractivity contribution >= 4 is 16.5 Å². The summed E-state index contributed by atoms with van der Waals surface area (Å²) in [5.41, 5.74) is 6.81. The van der Waals surface area contributed by atoms with E-state index in [1.165, 1.54) is 32.1 Å². The van der Waals surface area contributed by atoms with Crippen LogP contribution < -0.4 is 15.2 Å². The Morgan fingerprint density at radius 3 is 2.45 bits per heavy atom. The van der Waals surface area contributed by atoms with Gasteiger partial charge in [-0.15, -0.1) is 0 Å². The zero-order chi connectivity index (χ0) is 15.8. The van der Waals surface area contributed by atoms with Gasteiger partial charge in [0, 0.05) is 11.1 Å². The zero-order valence-electron chi connectivity index (χ0n) is 13.7. The molecule has 0 fully saturated rings. The molecule has 0 aliphatic rings. The number of anilines is 1. The van der Waals surface area contributed by atoms with Gasteiger partial charge >= 0.3 is 0 Å². The zero-order valence-corrected chi connectivity index (χ0v) is 13.7. The monoisotopic (exact) mass is 301 g/mol. The molecule has 0 atom stereocenters. The van der Waals surface area contributed by atoms with Gasteiger partial charge < -0.3 is 15.2 Å². The van der Waals surface area contributed by atoms with E-state index in [1.54, 1.807) is 7.11 Å². The highest BCUT2D eigenvalue weighted by Crippen LogP contribution is 2.36. The first-order chi connectivity index (χ1) is 10.8. The first-order valence-electron chi connectivity index (χ1n) is 8.26. The number of benzene rings is 2. The van der Waals surface area contributed by atoms with Gasteiger partial charge in [-0.2, -0.15) is 0 Å². The van der Waals surface area contributed by atoms with Crippen molar-refractivity contribution in [2.24, 2.45) is 0 Å². The van der Waals surface area contributed by atoms with E-state index in [1.807, 2.05) is 30.3 Å². The summed E-state index contributed by atoms with van der Waals surface area (Å²) in [5, 5.41) is 1.95. The third-order valence-corrected chi connectivity index (χ3v) is 3.97. The number of nitrogens with two attached hydrogens (primary N) is 1. The number of unbranched alkanes of at least 4 members (excludes halogenated alkanes) is 5. The van der Waals surface area contributed by atoms with E-state index in [2.05, 4.69) is 6.92 Å². The van der Waals surface area contributed by atoms with Crippen molar-refractivity contribution in [2.75, 3.05) is 19.5 Å². The van der Waals surface area contributed by atoms with Crippen LogP contribution in [0.1, 0.15) is 45.4 Å². The van der Waals surface area contributed by atoms with E-state index in [9.17, 15) is 0 Å². The van der Waals surface area contributed by atoms with Crippen LogP contribution in [0.5, 0.6) is 11.5 Å². The van der Waals surface area contributed by atoms with Gasteiger partial charge in [0.15, 0.2) is 0 Å². The maximum atomic E-state index is 6.09. The normalized spacial score (nSPS) is 10.8. The summed E-state index contributed by atoms with van der Waals surface area (Å²) < 4.78 is 11.4. The summed E-state index contributed by atoms with van der Waals surface area (Å²) in [6.45, 7) is 2.99. The topological polar surface area (TPSA) is 44.5 Å². The van der Waals surface area contributed by atoms with Gasteiger partial charge in [-0.3, -0.25) is 0 Å². The largest absolute Gasteiger partial charge is 0.496 e. The molecular weight excluding hydrogens is 274 g/mol. The third-order valence-electron chi connectivity index (χ3n) is 3.97. The predicted molar refractivity (Wildman–Crippen MR) is 93.8 cm³/mol. The summed E-state index contributed by atoms with van der Waals surface area (Å²) in [4.78, 5) is 0. The van der Waals surface area contributed by atoms with Crippen molar-refractivity contribution in [1.29, 1.82) is 0 Å². The minimum absolute atomic E-state index is 0.722. The molecular formula is C19H27NO2. The highest BCUT2D eigenvalue weighted by atomic mass is 16.5. The summed E-state index contributed by atoms with van der Waals surface area (Å²) in [6.07, 6.45) is 7.58. The van der Waals surface area contributed by atoms with Gasteiger partial charge in [-0.25, -0.2) is 0 Å². The Balaban J connectivity index is 1.99. The Hall–Kier alpha value is -1.90. The molecule has 0 heterocycles. The van der Waals surface area contributed by atoms with Crippen LogP contribution in [0.4, 0.5) is 5.69 Å². The lowest BCUT2D eigenvalue weighted by molar-refractivity contribution is 0.307. The molecule has 0 saturated carbocycles. The molecule has 3 nitrogen and oxygen atoms in total. The maximum Gasteiger partial charge on any atom is 0.128 e. The number of nitrogen functional groups attached to an aromatic ring is 1. The Labute approximate surface area is 133 Å². The van der Waals surface area contributed by atoms with Gasteiger partial charge in [0.25, 0.3) is 0 Å². The van der Waals surface area contributed by atoms with E-state index in [0.717, 1.165) is 41.0 Å². The van der Waals surface area contributed by atoms with Gasteiger partial charge in [0.1, 0.15) is 11.5 Å². The molecule has 2 N–H and O–H groups in total. The quantitative estimate of drug-likeness (QED) is 0.513. The minimum atomic E-state index is 0.722. The second kappa shape index (κ2) is 8.52. The lowest BCUT2D eigenvalue weighted by Gasteiger charge is -2.13. The average molecular weight is 301 g/mol. The molecule has 2 rings (SSSR count). The van der Waals surface area contributed by atoms with Crippen LogP contribution in [-0.4, -0.2) is 13.7 Å². The van der Waals surface area contributed by atoms with Gasteiger partial charge in [-0.05, 0) is 24.6 Å². The second-order valence-electron chi connectivity index (χ2n) is 5.65. The number of methoxy groups -OCH3 is 1. The molecule has 0 unspecified atom stereocenters. The molecule has 3 heteroatoms. The summed E-state index contributed by atoms with van der Waals surface area (Å²) in [7, 11) is 1.66. The van der Waals surface area contributed by atoms with Crippen LogP contribution in [0.3, 0.4) is 0 Å². The lowest BCUT2D eigenvalue weighted by Crippen LogP contribution is -1.99. The highest BCUT2D eigenvalue weighted by Gasteiger charge is 2.09. The summed E-state index contributed by atoms with van der Waals surface area (Å²) in [6, 6.07) is 9.77. The van der Waals surface area contributed by atoms with Crippen LogP contribution in [0, 0.1) is 0 Å². The molecule has 22 heavy (non-hydrogen) atoms. The SMILES string of the molecule is CCCCCCCCOc1ccc(N)c2c(OC)cccc12. The molecule has 0 spiro atoms. The van der Waals surface area contributed by atoms with E-state index in [4.69, 9.17) is 15.2 Å². The fraction of sp³-hybridized carbons (Fsp3) is 0.474. The lowest BCUT2D eigenvalue weighted by atomic mass is 10.1. The number of hydrogen-bond acceptors (Lipinski definition) is 3. The smallest absolute Gasteiger partial charge is 0.128 e. The number of ether oxygens (including phenoxy) is 2. The molecule has 0 amide bonds. The third kappa shape index (κ3) is 4.06. The van der Waals surface area contributed by atoms with Crippen LogP contribution in [-0.2, 0) is 0 Å². The van der Waals surface area contributed by atoms with Crippen molar-refractivity contribution in [3.8, 4) is 11.5 Å². The Bertz CT molecular complexity index is 595. The number of hydrogen-bond donors (Lipinski definition) is 1. The Morgan fingerprint density at radius 2 is 1.68 bits per heavy atom. The summed E-state index contributed by atoms with van der Waals surface area (Å²) in [5.74, 6) is 1.68. The van der Waals surface area contributed by atoms with Crippen molar-refractivity contribution < 1.29 is 9.47 Å². The standard InChI is InChI=1S/C19H27NO2/c1-3-4-5-6-7-8-14-22-17-13-12-16(20)19-15(17)10-9-11-18(19)21-2/h9-13H,3-8,14,20H2,1-2H3. The van der Waals surface area contributed by atoms with Crippen molar-refractivity contribution in [3.05, 3.63) is 30.3 Å². The van der Waals surface area contributed by atoms with Crippen LogP contribution in [0.25, 0.3) is 10.8 Å². The molecule has 0 bridgehead atoms. The molecule has 2 aromatic carbocycles. The first-order valence-corrected chi connectivity index (χ1v) is 8.26. The van der Waals surface area contributed by atoms with Crippen molar-refractivity contribution in [3.63, 3.8) is 0 Å². The fourth-order valence-electron chi connectivity index (χ4n) is 2.73. The molecule has 0 saturated heterocycles. The molecule has 0 aliphatic heterocycles. The second-order valence-corrected chi connectivity index (χ2v) is 5.65. The van der Waals surface area contributed by atoms with Crippen LogP contribution in [0.15, 0.2) is 30.3 Å².